The van der Waals surface area contributed by atoms with Gasteiger partial charge < -0.3 is 9.26 Å². The summed E-state index contributed by atoms with van der Waals surface area (Å²) in [6.45, 7) is 13.0. The molecule has 0 fully saturated rings. The molecule has 0 aliphatic rings. The van der Waals surface area contributed by atoms with E-state index in [1.807, 2.05) is 25.7 Å². The molecule has 0 N–H and O–H groups in total. The molecule has 1 rings (SSSR count). The van der Waals surface area contributed by atoms with Gasteiger partial charge in [0.15, 0.2) is 5.82 Å². The van der Waals surface area contributed by atoms with Crippen LogP contribution in [0.25, 0.3) is 0 Å². The number of nitrogens with zero attached hydrogens (tertiary/aromatic N) is 3. The molecule has 0 aliphatic heterocycles. The van der Waals surface area contributed by atoms with Crippen LogP contribution in [0.2, 0.25) is 0 Å². The fourth-order valence-corrected chi connectivity index (χ4v) is 1.57. The van der Waals surface area contributed by atoms with Crippen molar-refractivity contribution < 1.29 is 14.1 Å². The lowest BCUT2D eigenvalue weighted by molar-refractivity contribution is -0.144. The van der Waals surface area contributed by atoms with Gasteiger partial charge in [0.25, 0.3) is 0 Å². The number of hydrogen-bond acceptors (Lipinski definition) is 6. The minimum absolute atomic E-state index is 0.161. The van der Waals surface area contributed by atoms with Crippen LogP contribution in [0.5, 0.6) is 0 Å². The van der Waals surface area contributed by atoms with Crippen LogP contribution in [0.15, 0.2) is 17.2 Å². The Kier molecular flexibility index (Phi) is 5.88. The van der Waals surface area contributed by atoms with Crippen molar-refractivity contribution in [3.63, 3.8) is 0 Å². The highest BCUT2D eigenvalue weighted by Gasteiger charge is 2.22. The van der Waals surface area contributed by atoms with Gasteiger partial charge in [0, 0.05) is 12.0 Å². The van der Waals surface area contributed by atoms with Crippen molar-refractivity contribution in [1.82, 2.24) is 15.0 Å². The predicted octanol–water partition coefficient (Wildman–Crippen LogP) is 1.92. The molecule has 1 aromatic rings. The van der Waals surface area contributed by atoms with Gasteiger partial charge in [-0.2, -0.15) is 4.98 Å². The highest BCUT2D eigenvalue weighted by molar-refractivity contribution is 5.71. The van der Waals surface area contributed by atoms with Gasteiger partial charge in [-0.15, -0.1) is 6.58 Å². The maximum atomic E-state index is 11.5. The Balaban J connectivity index is 2.68. The molecule has 0 aromatic carbocycles. The van der Waals surface area contributed by atoms with Crippen LogP contribution < -0.4 is 0 Å². The minimum atomic E-state index is -0.273. The van der Waals surface area contributed by atoms with Crippen LogP contribution in [0.3, 0.4) is 0 Å². The van der Waals surface area contributed by atoms with E-state index in [0.29, 0.717) is 31.4 Å². The molecule has 0 saturated heterocycles. The number of ether oxygens (including phenoxy) is 1. The summed E-state index contributed by atoms with van der Waals surface area (Å²) in [5.74, 6) is 0.869. The number of hydrogen-bond donors (Lipinski definition) is 0. The van der Waals surface area contributed by atoms with E-state index in [0.717, 1.165) is 0 Å². The molecule has 0 radical (unpaired) electrons. The summed E-state index contributed by atoms with van der Waals surface area (Å²) in [6.07, 6.45) is 1.72. The average Bonchev–Trinajstić information content (AvgIpc) is 2.77. The van der Waals surface area contributed by atoms with Crippen LogP contribution in [0.1, 0.15) is 39.4 Å². The Morgan fingerprint density at radius 2 is 2.20 bits per heavy atom. The Morgan fingerprint density at radius 3 is 2.70 bits per heavy atom. The first kappa shape index (κ1) is 16.4. The molecule has 20 heavy (non-hydrogen) atoms. The summed E-state index contributed by atoms with van der Waals surface area (Å²) in [5, 5.41) is 3.96. The van der Waals surface area contributed by atoms with Crippen molar-refractivity contribution >= 4 is 5.97 Å². The van der Waals surface area contributed by atoms with Crippen LogP contribution in [-0.4, -0.2) is 40.7 Å². The fourth-order valence-electron chi connectivity index (χ4n) is 1.57. The summed E-state index contributed by atoms with van der Waals surface area (Å²) in [4.78, 5) is 17.7. The van der Waals surface area contributed by atoms with Crippen LogP contribution in [0, 0.1) is 0 Å². The maximum Gasteiger partial charge on any atom is 0.320 e. The zero-order valence-corrected chi connectivity index (χ0v) is 12.7. The Labute approximate surface area is 119 Å². The molecule has 0 spiro atoms. The molecule has 0 unspecified atom stereocenters. The molecular weight excluding hydrogens is 258 g/mol. The van der Waals surface area contributed by atoms with E-state index in [4.69, 9.17) is 9.26 Å². The summed E-state index contributed by atoms with van der Waals surface area (Å²) in [5.41, 5.74) is -0.161. The van der Waals surface area contributed by atoms with Gasteiger partial charge in [-0.05, 0) is 6.92 Å². The van der Waals surface area contributed by atoms with Gasteiger partial charge in [-0.25, -0.2) is 0 Å². The number of esters is 1. The van der Waals surface area contributed by atoms with Gasteiger partial charge in [0.1, 0.15) is 0 Å². The van der Waals surface area contributed by atoms with Crippen molar-refractivity contribution in [2.75, 3.05) is 19.7 Å². The van der Waals surface area contributed by atoms with Crippen molar-refractivity contribution in [2.24, 2.45) is 0 Å². The molecule has 6 heteroatoms. The second kappa shape index (κ2) is 7.19. The van der Waals surface area contributed by atoms with Crippen molar-refractivity contribution in [3.05, 3.63) is 24.4 Å². The first-order chi connectivity index (χ1) is 9.36. The number of rotatable bonds is 7. The molecule has 112 valence electrons. The third-order valence-electron chi connectivity index (χ3n) is 2.54. The van der Waals surface area contributed by atoms with Crippen molar-refractivity contribution in [2.45, 2.75) is 39.7 Å². The Bertz CT molecular complexity index is 449. The lowest BCUT2D eigenvalue weighted by Gasteiger charge is -2.17. The molecule has 0 atom stereocenters. The van der Waals surface area contributed by atoms with Gasteiger partial charge >= 0.3 is 5.97 Å². The standard InChI is InChI=1S/C14H23N3O3/c1-6-8-17(10-12(18)19-7-2)9-11-15-13(16-20-11)14(3,4)5/h6H,1,7-10H2,2-5H3. The minimum Gasteiger partial charge on any atom is -0.465 e. The summed E-state index contributed by atoms with van der Waals surface area (Å²) in [6, 6.07) is 0. The average molecular weight is 281 g/mol. The molecule has 0 saturated carbocycles. The third-order valence-corrected chi connectivity index (χ3v) is 2.54. The smallest absolute Gasteiger partial charge is 0.320 e. The molecule has 0 bridgehead atoms. The normalized spacial score (nSPS) is 11.7. The first-order valence-corrected chi connectivity index (χ1v) is 6.68. The summed E-state index contributed by atoms with van der Waals surface area (Å²) < 4.78 is 10.2. The van der Waals surface area contributed by atoms with Crippen LogP contribution >= 0.6 is 0 Å². The summed E-state index contributed by atoms with van der Waals surface area (Å²) in [7, 11) is 0. The van der Waals surface area contributed by atoms with Gasteiger partial charge in [0.05, 0.1) is 19.7 Å². The van der Waals surface area contributed by atoms with Crippen LogP contribution in [-0.2, 0) is 21.5 Å². The largest absolute Gasteiger partial charge is 0.465 e. The second-order valence-corrected chi connectivity index (χ2v) is 5.53. The highest BCUT2D eigenvalue weighted by atomic mass is 16.5. The number of carbonyl (C=O) groups excluding carboxylic acids is 1. The number of carbonyl (C=O) groups is 1. The Morgan fingerprint density at radius 1 is 1.50 bits per heavy atom. The molecule has 1 aromatic heterocycles. The van der Waals surface area contributed by atoms with E-state index in [-0.39, 0.29) is 17.9 Å². The second-order valence-electron chi connectivity index (χ2n) is 5.53. The van der Waals surface area contributed by atoms with Crippen molar-refractivity contribution in [1.29, 1.82) is 0 Å². The molecule has 0 aliphatic carbocycles. The zero-order chi connectivity index (χ0) is 15.2. The Hall–Kier alpha value is -1.69. The van der Waals surface area contributed by atoms with E-state index >= 15 is 0 Å². The first-order valence-electron chi connectivity index (χ1n) is 6.68. The molecular formula is C14H23N3O3. The summed E-state index contributed by atoms with van der Waals surface area (Å²) >= 11 is 0. The predicted molar refractivity (Wildman–Crippen MR) is 75.1 cm³/mol. The van der Waals surface area contributed by atoms with Crippen LogP contribution in [0.4, 0.5) is 0 Å². The number of aromatic nitrogens is 2. The lowest BCUT2D eigenvalue weighted by Crippen LogP contribution is -2.31. The quantitative estimate of drug-likeness (QED) is 0.562. The van der Waals surface area contributed by atoms with Gasteiger partial charge in [-0.1, -0.05) is 32.0 Å². The topological polar surface area (TPSA) is 68.5 Å². The van der Waals surface area contributed by atoms with E-state index in [2.05, 4.69) is 16.7 Å². The van der Waals surface area contributed by atoms with E-state index in [9.17, 15) is 4.79 Å². The lowest BCUT2D eigenvalue weighted by atomic mass is 9.96. The zero-order valence-electron chi connectivity index (χ0n) is 12.7. The fraction of sp³-hybridized carbons (Fsp3) is 0.643. The van der Waals surface area contributed by atoms with E-state index in [1.54, 1.807) is 13.0 Å². The maximum absolute atomic E-state index is 11.5. The molecule has 0 amide bonds. The van der Waals surface area contributed by atoms with Gasteiger partial charge in [0.2, 0.25) is 5.89 Å². The van der Waals surface area contributed by atoms with Crippen molar-refractivity contribution in [3.8, 4) is 0 Å². The monoisotopic (exact) mass is 281 g/mol. The molecule has 6 nitrogen and oxygen atoms in total. The third kappa shape index (κ3) is 5.13. The van der Waals surface area contributed by atoms with E-state index in [1.165, 1.54) is 0 Å². The van der Waals surface area contributed by atoms with Gasteiger partial charge in [-0.3, -0.25) is 9.69 Å². The SMILES string of the molecule is C=CCN(CC(=O)OCC)Cc1nc(C(C)(C)C)no1. The molecule has 1 heterocycles. The van der Waals surface area contributed by atoms with E-state index < -0.39 is 0 Å². The highest BCUT2D eigenvalue weighted by Crippen LogP contribution is 2.18.